The lowest BCUT2D eigenvalue weighted by Gasteiger charge is -2.25. The molecule has 0 spiro atoms. The summed E-state index contributed by atoms with van der Waals surface area (Å²) >= 11 is 0. The Balaban J connectivity index is 1.86. The quantitative estimate of drug-likeness (QED) is 0.241. The molecule has 0 saturated heterocycles. The molecule has 7 nitrogen and oxygen atoms in total. The molecule has 3 rings (SSSR count). The molecule has 2 aromatic heterocycles. The van der Waals surface area contributed by atoms with Crippen LogP contribution in [0.4, 0.5) is 0 Å². The SMILES string of the molecule is CCCC(CCCC(CC)C(=O)C(C)(C)C)n1ncc2c(C(=O)NCc3c(C)cc(C)[nH]c3=O)cc(CC)cc21. The summed E-state index contributed by atoms with van der Waals surface area (Å²) in [6, 6.07) is 6.20. The number of ketones is 1. The number of H-pyrrole nitrogens is 1. The molecule has 3 aromatic rings. The highest BCUT2D eigenvalue weighted by Crippen LogP contribution is 2.31. The Bertz CT molecular complexity index is 1390. The summed E-state index contributed by atoms with van der Waals surface area (Å²) in [4.78, 5) is 41.6. The summed E-state index contributed by atoms with van der Waals surface area (Å²) in [5.74, 6) is 0.221. The van der Waals surface area contributed by atoms with Gasteiger partial charge in [0.2, 0.25) is 0 Å². The summed E-state index contributed by atoms with van der Waals surface area (Å²) in [5.41, 5.74) is 4.35. The van der Waals surface area contributed by atoms with Gasteiger partial charge in [-0.15, -0.1) is 0 Å². The van der Waals surface area contributed by atoms with Crippen LogP contribution in [0.2, 0.25) is 0 Å². The molecule has 7 heteroatoms. The molecular formula is C33H48N4O3. The average Bonchev–Trinajstić information content (AvgIpc) is 3.32. The number of hydrogen-bond acceptors (Lipinski definition) is 4. The Hall–Kier alpha value is -3.22. The Morgan fingerprint density at radius 3 is 2.38 bits per heavy atom. The maximum absolute atomic E-state index is 13.4. The van der Waals surface area contributed by atoms with E-state index in [-0.39, 0.29) is 35.4 Å². The molecule has 0 radical (unpaired) electrons. The number of rotatable bonds is 13. The number of hydrogen-bond donors (Lipinski definition) is 2. The van der Waals surface area contributed by atoms with Gasteiger partial charge in [0, 0.05) is 34.5 Å². The van der Waals surface area contributed by atoms with Crippen molar-refractivity contribution < 1.29 is 9.59 Å². The number of aryl methyl sites for hydroxylation is 3. The van der Waals surface area contributed by atoms with E-state index in [4.69, 9.17) is 5.10 Å². The zero-order chi connectivity index (χ0) is 29.6. The number of benzene rings is 1. The number of carbonyl (C=O) groups is 2. The number of aromatic amines is 1. The lowest BCUT2D eigenvalue weighted by atomic mass is 9.79. The molecule has 40 heavy (non-hydrogen) atoms. The highest BCUT2D eigenvalue weighted by Gasteiger charge is 2.28. The molecule has 0 aliphatic rings. The van der Waals surface area contributed by atoms with Gasteiger partial charge in [0.1, 0.15) is 5.78 Å². The van der Waals surface area contributed by atoms with Crippen LogP contribution in [0.25, 0.3) is 10.9 Å². The van der Waals surface area contributed by atoms with Gasteiger partial charge in [0.25, 0.3) is 11.5 Å². The molecule has 2 N–H and O–H groups in total. The number of carbonyl (C=O) groups excluding carboxylic acids is 2. The van der Waals surface area contributed by atoms with Crippen LogP contribution in [-0.2, 0) is 17.8 Å². The minimum atomic E-state index is -0.319. The van der Waals surface area contributed by atoms with Crippen molar-refractivity contribution in [3.63, 3.8) is 0 Å². The van der Waals surface area contributed by atoms with Crippen molar-refractivity contribution in [3.8, 4) is 0 Å². The van der Waals surface area contributed by atoms with Crippen LogP contribution in [0.5, 0.6) is 0 Å². The number of aromatic nitrogens is 3. The predicted octanol–water partition coefficient (Wildman–Crippen LogP) is 6.99. The van der Waals surface area contributed by atoms with Gasteiger partial charge in [-0.25, -0.2) is 0 Å². The Morgan fingerprint density at radius 1 is 1.05 bits per heavy atom. The Morgan fingerprint density at radius 2 is 1.77 bits per heavy atom. The third-order valence-corrected chi connectivity index (χ3v) is 8.01. The molecule has 2 atom stereocenters. The van der Waals surface area contributed by atoms with Crippen molar-refractivity contribution in [2.75, 3.05) is 0 Å². The van der Waals surface area contributed by atoms with Crippen LogP contribution in [-0.4, -0.2) is 26.5 Å². The van der Waals surface area contributed by atoms with E-state index in [1.54, 1.807) is 6.20 Å². The smallest absolute Gasteiger partial charge is 0.253 e. The van der Waals surface area contributed by atoms with E-state index < -0.39 is 0 Å². The molecule has 0 aliphatic carbocycles. The van der Waals surface area contributed by atoms with E-state index in [2.05, 4.69) is 41.8 Å². The van der Waals surface area contributed by atoms with Crippen molar-refractivity contribution in [1.29, 1.82) is 0 Å². The molecule has 0 bridgehead atoms. The van der Waals surface area contributed by atoms with Crippen LogP contribution >= 0.6 is 0 Å². The number of Topliss-reactive ketones (excluding diaryl/α,β-unsaturated/α-hetero) is 1. The summed E-state index contributed by atoms with van der Waals surface area (Å²) in [6.07, 6.45) is 8.24. The lowest BCUT2D eigenvalue weighted by Crippen LogP contribution is -2.28. The fourth-order valence-electron chi connectivity index (χ4n) is 5.71. The van der Waals surface area contributed by atoms with E-state index in [0.717, 1.165) is 72.7 Å². The van der Waals surface area contributed by atoms with Crippen LogP contribution in [0, 0.1) is 25.2 Å². The van der Waals surface area contributed by atoms with E-state index in [0.29, 0.717) is 16.9 Å². The zero-order valence-corrected chi connectivity index (χ0v) is 25.7. The molecule has 0 aliphatic heterocycles. The normalized spacial score (nSPS) is 13.4. The lowest BCUT2D eigenvalue weighted by molar-refractivity contribution is -0.130. The van der Waals surface area contributed by atoms with Gasteiger partial charge in [-0.1, -0.05) is 54.4 Å². The Kier molecular flexibility index (Phi) is 10.5. The number of fused-ring (bicyclic) bond motifs is 1. The molecule has 2 unspecified atom stereocenters. The zero-order valence-electron chi connectivity index (χ0n) is 25.7. The van der Waals surface area contributed by atoms with Crippen LogP contribution < -0.4 is 10.9 Å². The predicted molar refractivity (Wildman–Crippen MR) is 163 cm³/mol. The van der Waals surface area contributed by atoms with Crippen LogP contribution in [0.15, 0.2) is 29.2 Å². The van der Waals surface area contributed by atoms with Gasteiger partial charge in [-0.3, -0.25) is 19.1 Å². The maximum Gasteiger partial charge on any atom is 0.253 e. The van der Waals surface area contributed by atoms with Crippen molar-refractivity contribution in [2.45, 2.75) is 113 Å². The molecule has 0 fully saturated rings. The number of pyridine rings is 1. The third-order valence-electron chi connectivity index (χ3n) is 8.01. The first kappa shape index (κ1) is 31.3. The summed E-state index contributed by atoms with van der Waals surface area (Å²) in [5, 5.41) is 8.59. The van der Waals surface area contributed by atoms with Crippen LogP contribution in [0.1, 0.15) is 119 Å². The first-order valence-electron chi connectivity index (χ1n) is 14.9. The average molecular weight is 549 g/mol. The van der Waals surface area contributed by atoms with Crippen molar-refractivity contribution in [3.05, 3.63) is 62.7 Å². The maximum atomic E-state index is 13.4. The van der Waals surface area contributed by atoms with Gasteiger partial charge in [-0.2, -0.15) is 5.10 Å². The van der Waals surface area contributed by atoms with Gasteiger partial charge < -0.3 is 10.3 Å². The molecular weight excluding hydrogens is 500 g/mol. The molecule has 218 valence electrons. The molecule has 0 saturated carbocycles. The van der Waals surface area contributed by atoms with Gasteiger partial charge in [-0.05, 0) is 75.3 Å². The van der Waals surface area contributed by atoms with Crippen LogP contribution in [0.3, 0.4) is 0 Å². The summed E-state index contributed by atoms with van der Waals surface area (Å²) in [6.45, 7) is 16.3. The molecule has 1 aromatic carbocycles. The summed E-state index contributed by atoms with van der Waals surface area (Å²) < 4.78 is 2.09. The highest BCUT2D eigenvalue weighted by molar-refractivity contribution is 6.06. The topological polar surface area (TPSA) is 96.8 Å². The second-order valence-corrected chi connectivity index (χ2v) is 12.2. The van der Waals surface area contributed by atoms with Crippen molar-refractivity contribution in [2.24, 2.45) is 11.3 Å². The van der Waals surface area contributed by atoms with E-state index in [9.17, 15) is 14.4 Å². The molecule has 2 heterocycles. The standard InChI is InChI=1S/C33H48N4O3/c1-9-13-25(15-12-14-24(11-3)30(38)33(6,7)8)37-29-18-23(10-2)17-26(28(29)20-35-37)31(39)34-19-27-21(4)16-22(5)36-32(27)40/h16-18,20,24-25H,9-15,19H2,1-8H3,(H,34,39)(H,36,40). The number of amides is 1. The fourth-order valence-corrected chi connectivity index (χ4v) is 5.71. The van der Waals surface area contributed by atoms with Gasteiger partial charge >= 0.3 is 0 Å². The van der Waals surface area contributed by atoms with E-state index >= 15 is 0 Å². The minimum Gasteiger partial charge on any atom is -0.348 e. The largest absolute Gasteiger partial charge is 0.348 e. The number of nitrogens with one attached hydrogen (secondary N) is 2. The second-order valence-electron chi connectivity index (χ2n) is 12.2. The van der Waals surface area contributed by atoms with E-state index in [1.165, 1.54) is 0 Å². The van der Waals surface area contributed by atoms with E-state index in [1.807, 2.05) is 46.8 Å². The van der Waals surface area contributed by atoms with Crippen molar-refractivity contribution in [1.82, 2.24) is 20.1 Å². The van der Waals surface area contributed by atoms with Gasteiger partial charge in [0.15, 0.2) is 0 Å². The summed E-state index contributed by atoms with van der Waals surface area (Å²) in [7, 11) is 0. The first-order chi connectivity index (χ1) is 18.9. The first-order valence-corrected chi connectivity index (χ1v) is 14.9. The Labute approximate surface area is 239 Å². The third kappa shape index (κ3) is 7.29. The molecule has 1 amide bonds. The fraction of sp³-hybridized carbons (Fsp3) is 0.576. The minimum absolute atomic E-state index is 0.0861. The highest BCUT2D eigenvalue weighted by atomic mass is 16.2. The van der Waals surface area contributed by atoms with Crippen molar-refractivity contribution >= 4 is 22.6 Å². The monoisotopic (exact) mass is 548 g/mol. The number of nitrogens with zero attached hydrogens (tertiary/aromatic N) is 2. The second kappa shape index (κ2) is 13.4. The van der Waals surface area contributed by atoms with Gasteiger partial charge in [0.05, 0.1) is 23.3 Å².